The van der Waals surface area contributed by atoms with Crippen LogP contribution in [0, 0.1) is 0 Å². The minimum absolute atomic E-state index is 0.114. The van der Waals surface area contributed by atoms with Gasteiger partial charge >= 0.3 is 0 Å². The summed E-state index contributed by atoms with van der Waals surface area (Å²) in [5.41, 5.74) is 9.89. The van der Waals surface area contributed by atoms with Crippen molar-refractivity contribution in [3.05, 3.63) is 114 Å². The Kier molecular flexibility index (Phi) is 5.11. The molecule has 0 unspecified atom stereocenters. The van der Waals surface area contributed by atoms with Crippen molar-refractivity contribution in [2.75, 3.05) is 0 Å². The molecule has 0 saturated heterocycles. The van der Waals surface area contributed by atoms with Crippen molar-refractivity contribution in [3.8, 4) is 39.4 Å². The van der Waals surface area contributed by atoms with Crippen LogP contribution in [0.25, 0.3) is 33.6 Å². The number of hydrogen-bond donors (Lipinski definition) is 3. The number of nitrogens with one attached hydrogen (secondary N) is 2. The highest BCUT2D eigenvalue weighted by Gasteiger charge is 2.26. The summed E-state index contributed by atoms with van der Waals surface area (Å²) in [5.74, 6) is 0.142. The summed E-state index contributed by atoms with van der Waals surface area (Å²) in [4.78, 5) is 17.0. The van der Waals surface area contributed by atoms with Crippen molar-refractivity contribution in [3.63, 3.8) is 0 Å². The van der Waals surface area contributed by atoms with Crippen molar-refractivity contribution in [1.29, 1.82) is 0 Å². The molecule has 5 aromatic rings. The second-order valence-electron chi connectivity index (χ2n) is 8.60. The molecule has 1 amide bonds. The smallest absolute Gasteiger partial charge is 0.251 e. The largest absolute Gasteiger partial charge is 0.508 e. The summed E-state index contributed by atoms with van der Waals surface area (Å²) in [5, 5.41) is 20.3. The first-order valence-electron chi connectivity index (χ1n) is 11.4. The molecule has 3 N–H and O–H groups in total. The molecular weight excluding hydrogens is 436 g/mol. The molecule has 0 saturated carbocycles. The van der Waals surface area contributed by atoms with E-state index in [1.807, 2.05) is 48.5 Å². The van der Waals surface area contributed by atoms with E-state index >= 15 is 0 Å². The van der Waals surface area contributed by atoms with Gasteiger partial charge in [-0.2, -0.15) is 5.10 Å². The van der Waals surface area contributed by atoms with Gasteiger partial charge in [0.25, 0.3) is 5.91 Å². The summed E-state index contributed by atoms with van der Waals surface area (Å²) in [7, 11) is 0. The molecule has 6 nitrogen and oxygen atoms in total. The molecule has 0 fully saturated rings. The van der Waals surface area contributed by atoms with Gasteiger partial charge in [0.05, 0.1) is 23.6 Å². The predicted octanol–water partition coefficient (Wildman–Crippen LogP) is 5.35. The van der Waals surface area contributed by atoms with Gasteiger partial charge in [-0.3, -0.25) is 14.9 Å². The molecule has 1 aliphatic carbocycles. The minimum atomic E-state index is -0.114. The van der Waals surface area contributed by atoms with Gasteiger partial charge in [0.15, 0.2) is 0 Å². The Morgan fingerprint density at radius 1 is 0.914 bits per heavy atom. The van der Waals surface area contributed by atoms with E-state index in [0.29, 0.717) is 12.1 Å². The summed E-state index contributed by atoms with van der Waals surface area (Å²) in [6, 6.07) is 26.9. The number of aromatic amines is 1. The lowest BCUT2D eigenvalue weighted by Gasteiger charge is -2.07. The molecule has 0 atom stereocenters. The molecule has 2 aromatic heterocycles. The Balaban J connectivity index is 1.21. The van der Waals surface area contributed by atoms with Crippen molar-refractivity contribution >= 4 is 5.91 Å². The normalized spacial score (nSPS) is 11.7. The van der Waals surface area contributed by atoms with Crippen LogP contribution < -0.4 is 5.32 Å². The quantitative estimate of drug-likeness (QED) is 0.325. The molecule has 0 radical (unpaired) electrons. The van der Waals surface area contributed by atoms with Gasteiger partial charge in [-0.05, 0) is 53.1 Å². The number of phenolic OH excluding ortho intramolecular Hbond substituents is 1. The average molecular weight is 459 g/mol. The molecule has 6 rings (SSSR count). The fourth-order valence-electron chi connectivity index (χ4n) is 4.56. The minimum Gasteiger partial charge on any atom is -0.508 e. The first-order chi connectivity index (χ1) is 17.2. The second-order valence-corrected chi connectivity index (χ2v) is 8.60. The van der Waals surface area contributed by atoms with Gasteiger partial charge in [0.1, 0.15) is 5.75 Å². The summed E-state index contributed by atoms with van der Waals surface area (Å²) in [6.07, 6.45) is 2.44. The Labute approximate surface area is 202 Å². The number of H-pyrrole nitrogens is 1. The van der Waals surface area contributed by atoms with Crippen LogP contribution in [-0.2, 0) is 13.0 Å². The highest BCUT2D eigenvalue weighted by atomic mass is 16.3. The molecule has 0 bridgehead atoms. The van der Waals surface area contributed by atoms with Crippen LogP contribution in [0.3, 0.4) is 0 Å². The summed E-state index contributed by atoms with van der Waals surface area (Å²) >= 11 is 0. The molecule has 0 aliphatic heterocycles. The Hall–Kier alpha value is -4.71. The van der Waals surface area contributed by atoms with Gasteiger partial charge in [0, 0.05) is 34.9 Å². The van der Waals surface area contributed by atoms with Crippen LogP contribution in [0.5, 0.6) is 5.75 Å². The standard InChI is InChI=1S/C29H22N4O2/c34-24-11-8-19(9-12-24)18-4-6-20(7-5-18)27-26-16-22-15-21(10-13-25(22)28(26)33-32-27)29(35)31-17-23-3-1-2-14-30-23/h1-15,34H,16-17H2,(H,31,35)(H,32,33). The van der Waals surface area contributed by atoms with Crippen LogP contribution >= 0.6 is 0 Å². The number of pyridine rings is 1. The maximum absolute atomic E-state index is 12.7. The van der Waals surface area contributed by atoms with E-state index in [2.05, 4.69) is 44.8 Å². The number of carbonyl (C=O) groups excluding carboxylic acids is 1. The molecular formula is C29H22N4O2. The third kappa shape index (κ3) is 3.95. The Morgan fingerprint density at radius 2 is 1.66 bits per heavy atom. The second kappa shape index (κ2) is 8.57. The number of amides is 1. The van der Waals surface area contributed by atoms with Gasteiger partial charge in [-0.1, -0.05) is 48.5 Å². The van der Waals surface area contributed by atoms with Gasteiger partial charge in [0.2, 0.25) is 0 Å². The van der Waals surface area contributed by atoms with Crippen molar-refractivity contribution in [2.24, 2.45) is 0 Å². The van der Waals surface area contributed by atoms with E-state index in [1.54, 1.807) is 18.3 Å². The first kappa shape index (κ1) is 20.9. The lowest BCUT2D eigenvalue weighted by atomic mass is 10.0. The number of benzene rings is 3. The fraction of sp³-hybridized carbons (Fsp3) is 0.0690. The number of rotatable bonds is 5. The monoisotopic (exact) mass is 458 g/mol. The van der Waals surface area contributed by atoms with Crippen LogP contribution in [0.2, 0.25) is 0 Å². The van der Waals surface area contributed by atoms with Crippen LogP contribution in [0.4, 0.5) is 0 Å². The van der Waals surface area contributed by atoms with Crippen molar-refractivity contribution in [1.82, 2.24) is 20.5 Å². The van der Waals surface area contributed by atoms with Gasteiger partial charge in [-0.25, -0.2) is 0 Å². The molecule has 3 aromatic carbocycles. The Bertz CT molecular complexity index is 1520. The van der Waals surface area contributed by atoms with Crippen LogP contribution in [-0.4, -0.2) is 26.2 Å². The first-order valence-corrected chi connectivity index (χ1v) is 11.4. The number of fused-ring (bicyclic) bond motifs is 3. The van der Waals surface area contributed by atoms with E-state index in [1.165, 1.54) is 0 Å². The number of nitrogens with zero attached hydrogens (tertiary/aromatic N) is 2. The zero-order chi connectivity index (χ0) is 23.8. The third-order valence-electron chi connectivity index (χ3n) is 6.39. The van der Waals surface area contributed by atoms with E-state index in [0.717, 1.165) is 56.9 Å². The molecule has 0 spiro atoms. The van der Waals surface area contributed by atoms with Crippen molar-refractivity contribution in [2.45, 2.75) is 13.0 Å². The topological polar surface area (TPSA) is 90.9 Å². The molecule has 1 aliphatic rings. The third-order valence-corrected chi connectivity index (χ3v) is 6.39. The summed E-state index contributed by atoms with van der Waals surface area (Å²) in [6.45, 7) is 0.393. The number of phenols is 1. The predicted molar refractivity (Wildman–Crippen MR) is 135 cm³/mol. The van der Waals surface area contributed by atoms with E-state index in [4.69, 9.17) is 0 Å². The van der Waals surface area contributed by atoms with Crippen LogP contribution in [0.1, 0.15) is 27.2 Å². The van der Waals surface area contributed by atoms with E-state index in [9.17, 15) is 9.90 Å². The Morgan fingerprint density at radius 3 is 2.40 bits per heavy atom. The summed E-state index contributed by atoms with van der Waals surface area (Å²) < 4.78 is 0. The SMILES string of the molecule is O=C(NCc1ccccn1)c1ccc2c(c1)Cc1c(-c3ccc(-c4ccc(O)cc4)cc3)n[nH]c1-2. The molecule has 2 heterocycles. The number of aromatic nitrogens is 3. The fourth-order valence-corrected chi connectivity index (χ4v) is 4.56. The maximum Gasteiger partial charge on any atom is 0.251 e. The van der Waals surface area contributed by atoms with Gasteiger partial charge < -0.3 is 10.4 Å². The van der Waals surface area contributed by atoms with Crippen LogP contribution in [0.15, 0.2) is 91.1 Å². The maximum atomic E-state index is 12.7. The van der Waals surface area contributed by atoms with Gasteiger partial charge in [-0.15, -0.1) is 0 Å². The molecule has 6 heteroatoms. The van der Waals surface area contributed by atoms with E-state index in [-0.39, 0.29) is 11.7 Å². The number of aromatic hydroxyl groups is 1. The lowest BCUT2D eigenvalue weighted by Crippen LogP contribution is -2.23. The molecule has 170 valence electrons. The van der Waals surface area contributed by atoms with E-state index < -0.39 is 0 Å². The molecule has 35 heavy (non-hydrogen) atoms. The zero-order valence-electron chi connectivity index (χ0n) is 18.8. The number of hydrogen-bond acceptors (Lipinski definition) is 4. The average Bonchev–Trinajstić information content (AvgIpc) is 3.47. The van der Waals surface area contributed by atoms with Crippen molar-refractivity contribution < 1.29 is 9.90 Å². The highest BCUT2D eigenvalue weighted by molar-refractivity contribution is 5.95. The zero-order valence-corrected chi connectivity index (χ0v) is 18.8. The highest BCUT2D eigenvalue weighted by Crippen LogP contribution is 2.40. The lowest BCUT2D eigenvalue weighted by molar-refractivity contribution is 0.0950. The number of carbonyl (C=O) groups is 1.